The summed E-state index contributed by atoms with van der Waals surface area (Å²) < 4.78 is 7.23. The molecule has 1 unspecified atom stereocenters. The number of carbonyl (C=O) groups excluding carboxylic acids is 1. The summed E-state index contributed by atoms with van der Waals surface area (Å²) in [6.07, 6.45) is 4.92. The Labute approximate surface area is 173 Å². The second kappa shape index (κ2) is 8.84. The fraction of sp³-hybridized carbons (Fsp3) is 0.316. The highest BCUT2D eigenvalue weighted by molar-refractivity contribution is 6.52. The van der Waals surface area contributed by atoms with E-state index in [2.05, 4.69) is 31.4 Å². The van der Waals surface area contributed by atoms with Gasteiger partial charge in [0.2, 0.25) is 0 Å². The highest BCUT2D eigenvalue weighted by Gasteiger charge is 2.21. The van der Waals surface area contributed by atoms with Gasteiger partial charge in [0.05, 0.1) is 30.8 Å². The fourth-order valence-electron chi connectivity index (χ4n) is 3.05. The van der Waals surface area contributed by atoms with Crippen molar-refractivity contribution in [1.82, 2.24) is 19.9 Å². The first-order valence-electron chi connectivity index (χ1n) is 9.35. The minimum absolute atomic E-state index is 0.114. The van der Waals surface area contributed by atoms with Gasteiger partial charge in [-0.2, -0.15) is 9.61 Å². The van der Waals surface area contributed by atoms with Crippen molar-refractivity contribution in [3.05, 3.63) is 41.2 Å². The molecule has 1 amide bonds. The van der Waals surface area contributed by atoms with Crippen LogP contribution in [0.5, 0.6) is 0 Å². The lowest BCUT2D eigenvalue weighted by Gasteiger charge is -2.17. The number of nitrogens with two attached hydrogens (primary N) is 2. The Morgan fingerprint density at radius 1 is 1.37 bits per heavy atom. The predicted molar refractivity (Wildman–Crippen MR) is 116 cm³/mol. The summed E-state index contributed by atoms with van der Waals surface area (Å²) in [5.74, 6) is 0.656. The van der Waals surface area contributed by atoms with E-state index in [1.165, 1.54) is 17.8 Å². The average molecular weight is 411 g/mol. The molecule has 11 heteroatoms. The van der Waals surface area contributed by atoms with Gasteiger partial charge in [0, 0.05) is 19.2 Å². The number of carbonyl (C=O) groups is 1. The van der Waals surface area contributed by atoms with Crippen molar-refractivity contribution in [2.24, 2.45) is 16.5 Å². The number of nitrogens with zero attached hydrogens (tertiary/aromatic N) is 4. The average Bonchev–Trinajstić information content (AvgIpc) is 3.16. The molecule has 30 heavy (non-hydrogen) atoms. The molecule has 0 saturated carbocycles. The molecule has 4 bridgehead atoms. The van der Waals surface area contributed by atoms with Crippen LogP contribution in [-0.2, 0) is 4.74 Å². The lowest BCUT2D eigenvalue weighted by atomic mass is 10.0. The third-order valence-corrected chi connectivity index (χ3v) is 4.42. The highest BCUT2D eigenvalue weighted by atomic mass is 16.5. The van der Waals surface area contributed by atoms with Crippen molar-refractivity contribution in [3.63, 3.8) is 0 Å². The minimum Gasteiger partial charge on any atom is -0.397 e. The smallest absolute Gasteiger partial charge is 0.257 e. The molecule has 2 aromatic heterocycles. The van der Waals surface area contributed by atoms with Crippen molar-refractivity contribution in [2.75, 3.05) is 32.6 Å². The molecule has 0 spiro atoms. The van der Waals surface area contributed by atoms with Crippen LogP contribution in [0, 0.1) is 5.41 Å². The van der Waals surface area contributed by atoms with E-state index in [9.17, 15) is 4.79 Å². The number of hydrogen-bond acceptors (Lipinski definition) is 9. The van der Waals surface area contributed by atoms with Crippen molar-refractivity contribution in [2.45, 2.75) is 13.0 Å². The zero-order chi connectivity index (χ0) is 21.8. The van der Waals surface area contributed by atoms with Gasteiger partial charge in [-0.15, -0.1) is 0 Å². The molecule has 1 atom stereocenters. The summed E-state index contributed by atoms with van der Waals surface area (Å²) in [5.41, 5.74) is 12.8. The fourth-order valence-corrected chi connectivity index (χ4v) is 3.05. The number of nitrogens with one attached hydrogen (secondary N) is 3. The summed E-state index contributed by atoms with van der Waals surface area (Å²) in [5, 5.41) is 18.4. The zero-order valence-electron chi connectivity index (χ0n) is 17.1. The third kappa shape index (κ3) is 4.07. The van der Waals surface area contributed by atoms with Gasteiger partial charge in [0.1, 0.15) is 17.1 Å². The van der Waals surface area contributed by atoms with Crippen LogP contribution in [0.15, 0.2) is 40.7 Å². The normalized spacial score (nSPS) is 19.1. The van der Waals surface area contributed by atoms with Crippen LogP contribution in [-0.4, -0.2) is 65.3 Å². The topological polar surface area (TPSA) is 169 Å². The molecule has 158 valence electrons. The number of hydrogen-bond donors (Lipinski definition) is 5. The zero-order valence-corrected chi connectivity index (χ0v) is 17.1. The molecule has 0 aromatic carbocycles. The van der Waals surface area contributed by atoms with Crippen LogP contribution in [0.25, 0.3) is 5.65 Å². The van der Waals surface area contributed by atoms with Crippen molar-refractivity contribution < 1.29 is 9.53 Å². The van der Waals surface area contributed by atoms with Crippen molar-refractivity contribution in [1.29, 1.82) is 5.41 Å². The molecule has 4 rings (SSSR count). The van der Waals surface area contributed by atoms with Gasteiger partial charge in [-0.05, 0) is 31.7 Å². The molecule has 11 nitrogen and oxygen atoms in total. The van der Waals surface area contributed by atoms with Crippen LogP contribution in [0.4, 0.5) is 11.6 Å². The number of amides is 1. The van der Waals surface area contributed by atoms with Crippen LogP contribution in [0.3, 0.4) is 0 Å². The molecule has 2 aliphatic rings. The van der Waals surface area contributed by atoms with E-state index in [0.717, 1.165) is 5.57 Å². The van der Waals surface area contributed by atoms with Crippen LogP contribution >= 0.6 is 0 Å². The Bertz CT molecular complexity index is 1080. The van der Waals surface area contributed by atoms with Gasteiger partial charge in [0.15, 0.2) is 11.5 Å². The largest absolute Gasteiger partial charge is 0.397 e. The van der Waals surface area contributed by atoms with Gasteiger partial charge in [-0.25, -0.2) is 9.98 Å². The number of allylic oxidation sites excluding steroid dienone is 2. The van der Waals surface area contributed by atoms with E-state index in [0.29, 0.717) is 47.5 Å². The second-order valence-corrected chi connectivity index (χ2v) is 6.62. The quantitative estimate of drug-likeness (QED) is 0.422. The van der Waals surface area contributed by atoms with Gasteiger partial charge in [-0.3, -0.25) is 10.2 Å². The maximum Gasteiger partial charge on any atom is 0.257 e. The predicted octanol–water partition coefficient (Wildman–Crippen LogP) is 0.369. The molecule has 0 radical (unpaired) electrons. The molecule has 2 aromatic rings. The lowest BCUT2D eigenvalue weighted by Crippen LogP contribution is -2.36. The Hall–Kier alpha value is -3.57. The van der Waals surface area contributed by atoms with Gasteiger partial charge in [0.25, 0.3) is 5.91 Å². The molecule has 0 saturated heterocycles. The van der Waals surface area contributed by atoms with Crippen LogP contribution < -0.4 is 22.1 Å². The molecule has 1 aliphatic carbocycles. The first-order chi connectivity index (χ1) is 14.5. The summed E-state index contributed by atoms with van der Waals surface area (Å²) in [6, 6.07) is 1.48. The van der Waals surface area contributed by atoms with E-state index in [-0.39, 0.29) is 17.7 Å². The Morgan fingerprint density at radius 3 is 2.87 bits per heavy atom. The third-order valence-electron chi connectivity index (χ3n) is 4.42. The van der Waals surface area contributed by atoms with Crippen LogP contribution in [0.2, 0.25) is 0 Å². The van der Waals surface area contributed by atoms with Gasteiger partial charge >= 0.3 is 0 Å². The summed E-state index contributed by atoms with van der Waals surface area (Å²) in [7, 11) is 3.24. The van der Waals surface area contributed by atoms with Gasteiger partial charge in [-0.1, -0.05) is 0 Å². The summed E-state index contributed by atoms with van der Waals surface area (Å²) in [6.45, 7) is 2.47. The van der Waals surface area contributed by atoms with Crippen molar-refractivity contribution in [3.8, 4) is 0 Å². The number of aromatic nitrogens is 3. The molecule has 3 heterocycles. The monoisotopic (exact) mass is 411 g/mol. The molecule has 0 fully saturated rings. The lowest BCUT2D eigenvalue weighted by molar-refractivity contribution is 0.0884. The first-order valence-corrected chi connectivity index (χ1v) is 9.35. The van der Waals surface area contributed by atoms with E-state index in [4.69, 9.17) is 15.9 Å². The van der Waals surface area contributed by atoms with Crippen LogP contribution in [0.1, 0.15) is 17.3 Å². The number of anilines is 1. The minimum atomic E-state index is -0.293. The van der Waals surface area contributed by atoms with E-state index in [1.54, 1.807) is 25.3 Å². The number of rotatable bonds is 1. The molecular weight excluding hydrogens is 386 g/mol. The van der Waals surface area contributed by atoms with Gasteiger partial charge < -0.3 is 26.8 Å². The molecule has 1 aliphatic heterocycles. The maximum absolute atomic E-state index is 12.7. The molecule has 7 N–H and O–H groups in total. The van der Waals surface area contributed by atoms with E-state index < -0.39 is 0 Å². The summed E-state index contributed by atoms with van der Waals surface area (Å²) in [4.78, 5) is 21.7. The van der Waals surface area contributed by atoms with E-state index in [1.807, 2.05) is 6.92 Å². The van der Waals surface area contributed by atoms with Crippen molar-refractivity contribution >= 4 is 34.6 Å². The number of fused-ring (bicyclic) bond motifs is 2. The first kappa shape index (κ1) is 21.1. The Morgan fingerprint density at radius 2 is 2.13 bits per heavy atom. The maximum atomic E-state index is 12.7. The second-order valence-electron chi connectivity index (χ2n) is 6.62. The van der Waals surface area contributed by atoms with E-state index >= 15 is 0 Å². The number of aliphatic imine (C=N–C) groups is 1. The molecular formula is C19H25N9O2. The standard InChI is InChI=1S/C18H20N8O2.CH5N/c1-9-7-28-8-10-3-12(19)16(20)13(4-10)24-14-5-15(21-2)26-17(25-14)11(6-22-26)18(27)23-9;1-2/h3-6,9,20-21H,7-8,19H2,1-2H3,(H,23,27);2H2,1H3. The Kier molecular flexibility index (Phi) is 6.23. The SMILES string of the molecule is CN.CNc1cc2nc3c(cnn13)C(=O)NC(C)COCC1=CC(=N2)C(=N)C(N)=C1. The highest BCUT2D eigenvalue weighted by Crippen LogP contribution is 2.22. The Balaban J connectivity index is 0.00000124. The summed E-state index contributed by atoms with van der Waals surface area (Å²) >= 11 is 0. The number of ether oxygens (including phenoxy) is 1.